The van der Waals surface area contributed by atoms with Crippen molar-refractivity contribution in [3.63, 3.8) is 0 Å². The quantitative estimate of drug-likeness (QED) is 0.413. The number of esters is 1. The maximum Gasteiger partial charge on any atom is 0.338 e. The van der Waals surface area contributed by atoms with Crippen molar-refractivity contribution < 1.29 is 19.5 Å². The van der Waals surface area contributed by atoms with Crippen LogP contribution in [0.15, 0.2) is 0 Å². The molecule has 0 aromatic rings. The molecule has 0 fully saturated rings. The second-order valence-electron chi connectivity index (χ2n) is 2.29. The van der Waals surface area contributed by atoms with Crippen LogP contribution in [-0.2, 0) is 14.4 Å². The Bertz CT molecular complexity index is 135. The third kappa shape index (κ3) is 3.31. The second-order valence-corrected chi connectivity index (χ2v) is 2.29. The number of methoxy groups -OCH3 is 1. The van der Waals surface area contributed by atoms with Gasteiger partial charge in [-0.2, -0.15) is 5.48 Å². The second kappa shape index (κ2) is 4.27. The molecular weight excluding hydrogens is 150 g/mol. The molecule has 0 radical (unpaired) electrons. The fourth-order valence-electron chi connectivity index (χ4n) is 0.505. The van der Waals surface area contributed by atoms with E-state index >= 15 is 0 Å². The summed E-state index contributed by atoms with van der Waals surface area (Å²) < 4.78 is 4.33. The molecule has 0 rings (SSSR count). The fourth-order valence-corrected chi connectivity index (χ4v) is 0.505. The van der Waals surface area contributed by atoms with Gasteiger partial charge in [-0.3, -0.25) is 0 Å². The van der Waals surface area contributed by atoms with Crippen LogP contribution in [-0.4, -0.2) is 37.4 Å². The van der Waals surface area contributed by atoms with Gasteiger partial charge in [0.15, 0.2) is 5.60 Å². The molecule has 0 saturated carbocycles. The normalized spacial score (nSPS) is 15.6. The Morgan fingerprint density at radius 3 is 2.55 bits per heavy atom. The lowest BCUT2D eigenvalue weighted by atomic mass is 10.1. The SMILES string of the molecule is CONCC(C)(O)C(=O)OC. The van der Waals surface area contributed by atoms with E-state index in [2.05, 4.69) is 15.1 Å². The minimum atomic E-state index is -1.54. The van der Waals surface area contributed by atoms with Crippen LogP contribution in [0.2, 0.25) is 0 Å². The minimum absolute atomic E-state index is 0.00380. The Hall–Kier alpha value is -0.650. The lowest BCUT2D eigenvalue weighted by Crippen LogP contribution is -2.45. The summed E-state index contributed by atoms with van der Waals surface area (Å²) in [5.41, 5.74) is 0.816. The Kier molecular flexibility index (Phi) is 4.02. The summed E-state index contributed by atoms with van der Waals surface area (Å²) in [6, 6.07) is 0. The first kappa shape index (κ1) is 10.3. The van der Waals surface area contributed by atoms with Gasteiger partial charge in [0.1, 0.15) is 0 Å². The smallest absolute Gasteiger partial charge is 0.338 e. The first-order valence-corrected chi connectivity index (χ1v) is 3.11. The standard InChI is InChI=1S/C6H13NO4/c1-6(9,4-7-11-3)5(8)10-2/h7,9H,4H2,1-3H3. The zero-order chi connectivity index (χ0) is 8.91. The molecule has 1 atom stereocenters. The Balaban J connectivity index is 3.88. The van der Waals surface area contributed by atoms with E-state index in [4.69, 9.17) is 0 Å². The van der Waals surface area contributed by atoms with Crippen molar-refractivity contribution >= 4 is 5.97 Å². The predicted molar refractivity (Wildman–Crippen MR) is 37.7 cm³/mol. The van der Waals surface area contributed by atoms with E-state index in [0.717, 1.165) is 0 Å². The molecule has 0 amide bonds. The van der Waals surface area contributed by atoms with Gasteiger partial charge in [0.2, 0.25) is 0 Å². The van der Waals surface area contributed by atoms with E-state index in [-0.39, 0.29) is 6.54 Å². The molecular formula is C6H13NO4. The summed E-state index contributed by atoms with van der Waals surface area (Å²) in [7, 11) is 2.61. The number of carbonyl (C=O) groups excluding carboxylic acids is 1. The first-order chi connectivity index (χ1) is 5.04. The van der Waals surface area contributed by atoms with Gasteiger partial charge in [-0.15, -0.1) is 0 Å². The van der Waals surface area contributed by atoms with Gasteiger partial charge in [-0.05, 0) is 6.92 Å². The van der Waals surface area contributed by atoms with E-state index in [1.807, 2.05) is 0 Å². The number of hydrogen-bond donors (Lipinski definition) is 2. The summed E-state index contributed by atoms with van der Waals surface area (Å²) in [5.74, 6) is -0.693. The number of aliphatic hydroxyl groups is 1. The average molecular weight is 163 g/mol. The van der Waals surface area contributed by atoms with Crippen LogP contribution >= 0.6 is 0 Å². The molecule has 0 aliphatic heterocycles. The third-order valence-electron chi connectivity index (χ3n) is 1.19. The Labute approximate surface area is 65.3 Å². The molecule has 1 unspecified atom stereocenters. The van der Waals surface area contributed by atoms with Gasteiger partial charge < -0.3 is 14.7 Å². The highest BCUT2D eigenvalue weighted by atomic mass is 16.6. The molecule has 2 N–H and O–H groups in total. The molecule has 0 saturated heterocycles. The highest BCUT2D eigenvalue weighted by Crippen LogP contribution is 2.02. The predicted octanol–water partition coefficient (Wildman–Crippen LogP) is -0.939. The van der Waals surface area contributed by atoms with Crippen molar-refractivity contribution in [2.24, 2.45) is 0 Å². The van der Waals surface area contributed by atoms with E-state index in [9.17, 15) is 9.90 Å². The molecule has 5 heteroatoms. The number of rotatable bonds is 4. The van der Waals surface area contributed by atoms with Gasteiger partial charge in [0, 0.05) is 0 Å². The Morgan fingerprint density at radius 2 is 2.18 bits per heavy atom. The molecule has 5 nitrogen and oxygen atoms in total. The zero-order valence-corrected chi connectivity index (χ0v) is 6.88. The van der Waals surface area contributed by atoms with Crippen molar-refractivity contribution in [3.8, 4) is 0 Å². The molecule has 66 valence electrons. The maximum atomic E-state index is 10.8. The fraction of sp³-hybridized carbons (Fsp3) is 0.833. The number of hydroxylamine groups is 1. The highest BCUT2D eigenvalue weighted by Gasteiger charge is 2.30. The number of nitrogens with one attached hydrogen (secondary N) is 1. The lowest BCUT2D eigenvalue weighted by molar-refractivity contribution is -0.162. The van der Waals surface area contributed by atoms with E-state index < -0.39 is 11.6 Å². The minimum Gasteiger partial charge on any atom is -0.467 e. The summed E-state index contributed by atoms with van der Waals surface area (Å²) in [6.45, 7) is 1.33. The molecule has 0 aromatic heterocycles. The Morgan fingerprint density at radius 1 is 1.64 bits per heavy atom. The summed E-state index contributed by atoms with van der Waals surface area (Å²) >= 11 is 0. The zero-order valence-electron chi connectivity index (χ0n) is 6.88. The molecule has 0 heterocycles. The number of hydrogen-bond acceptors (Lipinski definition) is 5. The van der Waals surface area contributed by atoms with Crippen LogP contribution in [0, 0.1) is 0 Å². The van der Waals surface area contributed by atoms with Gasteiger partial charge in [0.05, 0.1) is 20.8 Å². The largest absolute Gasteiger partial charge is 0.467 e. The average Bonchev–Trinajstić information content (AvgIpc) is 1.99. The molecule has 0 spiro atoms. The molecule has 0 bridgehead atoms. The van der Waals surface area contributed by atoms with Crippen molar-refractivity contribution in [1.29, 1.82) is 0 Å². The van der Waals surface area contributed by atoms with Crippen molar-refractivity contribution in [3.05, 3.63) is 0 Å². The van der Waals surface area contributed by atoms with E-state index in [0.29, 0.717) is 0 Å². The summed E-state index contributed by atoms with van der Waals surface area (Å²) in [4.78, 5) is 15.2. The van der Waals surface area contributed by atoms with Crippen LogP contribution in [0.1, 0.15) is 6.92 Å². The van der Waals surface area contributed by atoms with Gasteiger partial charge in [-0.1, -0.05) is 0 Å². The third-order valence-corrected chi connectivity index (χ3v) is 1.19. The topological polar surface area (TPSA) is 67.8 Å². The van der Waals surface area contributed by atoms with Crippen LogP contribution in [0.3, 0.4) is 0 Å². The first-order valence-electron chi connectivity index (χ1n) is 3.11. The number of carbonyl (C=O) groups is 1. The van der Waals surface area contributed by atoms with E-state index in [1.54, 1.807) is 0 Å². The molecule has 0 aliphatic carbocycles. The molecule has 0 aliphatic rings. The van der Waals surface area contributed by atoms with Crippen LogP contribution in [0.25, 0.3) is 0 Å². The van der Waals surface area contributed by atoms with Crippen LogP contribution in [0.5, 0.6) is 0 Å². The van der Waals surface area contributed by atoms with Crippen molar-refractivity contribution in [1.82, 2.24) is 5.48 Å². The maximum absolute atomic E-state index is 10.8. The van der Waals surface area contributed by atoms with Gasteiger partial charge >= 0.3 is 5.97 Å². The van der Waals surface area contributed by atoms with Crippen molar-refractivity contribution in [2.45, 2.75) is 12.5 Å². The van der Waals surface area contributed by atoms with Gasteiger partial charge in [0.25, 0.3) is 0 Å². The monoisotopic (exact) mass is 163 g/mol. The molecule has 0 aromatic carbocycles. The van der Waals surface area contributed by atoms with Crippen molar-refractivity contribution in [2.75, 3.05) is 20.8 Å². The summed E-state index contributed by atoms with van der Waals surface area (Å²) in [5, 5.41) is 9.30. The van der Waals surface area contributed by atoms with Crippen LogP contribution < -0.4 is 5.48 Å². The molecule has 11 heavy (non-hydrogen) atoms. The lowest BCUT2D eigenvalue weighted by Gasteiger charge is -2.19. The number of ether oxygens (including phenoxy) is 1. The van der Waals surface area contributed by atoms with Gasteiger partial charge in [-0.25, -0.2) is 4.79 Å². The van der Waals surface area contributed by atoms with Crippen LogP contribution in [0.4, 0.5) is 0 Å². The van der Waals surface area contributed by atoms with E-state index in [1.165, 1.54) is 21.1 Å². The summed E-state index contributed by atoms with van der Waals surface area (Å²) in [6.07, 6.45) is 0. The highest BCUT2D eigenvalue weighted by molar-refractivity contribution is 5.78.